The van der Waals surface area contributed by atoms with Crippen molar-refractivity contribution in [2.45, 2.75) is 38.3 Å². The van der Waals surface area contributed by atoms with E-state index >= 15 is 0 Å². The van der Waals surface area contributed by atoms with E-state index in [1.807, 2.05) is 0 Å². The second-order valence-corrected chi connectivity index (χ2v) is 4.89. The van der Waals surface area contributed by atoms with Crippen molar-refractivity contribution in [2.75, 3.05) is 6.61 Å². The van der Waals surface area contributed by atoms with Gasteiger partial charge in [0, 0.05) is 5.56 Å². The van der Waals surface area contributed by atoms with E-state index in [0.717, 1.165) is 19.3 Å². The van der Waals surface area contributed by atoms with Crippen LogP contribution >= 0.6 is 0 Å². The highest BCUT2D eigenvalue weighted by Crippen LogP contribution is 2.19. The third kappa shape index (κ3) is 4.19. The van der Waals surface area contributed by atoms with Crippen LogP contribution in [0.15, 0.2) is 24.3 Å². The Morgan fingerprint density at radius 2 is 2.00 bits per heavy atom. The summed E-state index contributed by atoms with van der Waals surface area (Å²) in [5.74, 6) is 0.0644. The van der Waals surface area contributed by atoms with E-state index in [1.54, 1.807) is 19.1 Å². The molecule has 0 radical (unpaired) electrons. The van der Waals surface area contributed by atoms with Gasteiger partial charge in [0.1, 0.15) is 5.75 Å². The Morgan fingerprint density at radius 1 is 1.29 bits per heavy atom. The molecule has 0 aromatic heterocycles. The molecule has 0 saturated heterocycles. The van der Waals surface area contributed by atoms with Gasteiger partial charge in [0.05, 0.1) is 18.8 Å². The molecule has 114 valence electrons. The van der Waals surface area contributed by atoms with Crippen LogP contribution in [0.4, 0.5) is 4.79 Å². The average molecular weight is 293 g/mol. The van der Waals surface area contributed by atoms with Gasteiger partial charge in [0.2, 0.25) is 0 Å². The number of hydrogen-bond donors (Lipinski definition) is 2. The monoisotopic (exact) mass is 293 g/mol. The fourth-order valence-corrected chi connectivity index (χ4v) is 2.28. The molecule has 6 heteroatoms. The lowest BCUT2D eigenvalue weighted by atomic mass is 10.1. The maximum absolute atomic E-state index is 12.0. The SMILES string of the molecule is CCOC(=O)Oc1ccc(C(=O)NC2CCCC2O)cc1. The molecule has 2 unspecified atom stereocenters. The molecule has 1 saturated carbocycles. The summed E-state index contributed by atoms with van der Waals surface area (Å²) < 4.78 is 9.56. The second kappa shape index (κ2) is 7.08. The smallest absolute Gasteiger partial charge is 0.434 e. The quantitative estimate of drug-likeness (QED) is 0.654. The lowest BCUT2D eigenvalue weighted by Crippen LogP contribution is -2.39. The number of amides is 1. The molecule has 1 aliphatic rings. The summed E-state index contributed by atoms with van der Waals surface area (Å²) in [6.45, 7) is 1.93. The third-order valence-electron chi connectivity index (χ3n) is 3.38. The molecule has 0 spiro atoms. The summed E-state index contributed by atoms with van der Waals surface area (Å²) >= 11 is 0. The predicted octanol–water partition coefficient (Wildman–Crippen LogP) is 1.87. The summed E-state index contributed by atoms with van der Waals surface area (Å²) in [4.78, 5) is 23.2. The minimum Gasteiger partial charge on any atom is -0.434 e. The van der Waals surface area contributed by atoms with Gasteiger partial charge in [0.15, 0.2) is 0 Å². The molecule has 2 atom stereocenters. The van der Waals surface area contributed by atoms with Crippen LogP contribution in [0.2, 0.25) is 0 Å². The first-order valence-electron chi connectivity index (χ1n) is 7.03. The first-order valence-corrected chi connectivity index (χ1v) is 7.03. The third-order valence-corrected chi connectivity index (χ3v) is 3.38. The van der Waals surface area contributed by atoms with Crippen LogP contribution in [0.3, 0.4) is 0 Å². The zero-order valence-corrected chi connectivity index (χ0v) is 11.9. The van der Waals surface area contributed by atoms with E-state index in [0.29, 0.717) is 11.3 Å². The number of nitrogens with one attached hydrogen (secondary N) is 1. The van der Waals surface area contributed by atoms with Crippen molar-refractivity contribution in [2.24, 2.45) is 0 Å². The van der Waals surface area contributed by atoms with Crippen molar-refractivity contribution in [3.05, 3.63) is 29.8 Å². The first-order chi connectivity index (χ1) is 10.1. The van der Waals surface area contributed by atoms with Crippen LogP contribution in [-0.2, 0) is 4.74 Å². The highest BCUT2D eigenvalue weighted by atomic mass is 16.7. The van der Waals surface area contributed by atoms with Gasteiger partial charge >= 0.3 is 6.16 Å². The lowest BCUT2D eigenvalue weighted by Gasteiger charge is -2.16. The van der Waals surface area contributed by atoms with Gasteiger partial charge in [0.25, 0.3) is 5.91 Å². The van der Waals surface area contributed by atoms with E-state index in [4.69, 9.17) is 4.74 Å². The van der Waals surface area contributed by atoms with Crippen LogP contribution in [0.25, 0.3) is 0 Å². The molecule has 2 N–H and O–H groups in total. The molecule has 0 heterocycles. The summed E-state index contributed by atoms with van der Waals surface area (Å²) in [5.41, 5.74) is 0.449. The number of ether oxygens (including phenoxy) is 2. The standard InChI is InChI=1S/C15H19NO5/c1-2-20-15(19)21-11-8-6-10(7-9-11)14(18)16-12-4-3-5-13(12)17/h6-9,12-13,17H,2-5H2,1H3,(H,16,18). The maximum Gasteiger partial charge on any atom is 0.513 e. The van der Waals surface area contributed by atoms with Gasteiger partial charge < -0.3 is 19.9 Å². The van der Waals surface area contributed by atoms with Crippen molar-refractivity contribution < 1.29 is 24.2 Å². The molecule has 6 nitrogen and oxygen atoms in total. The van der Waals surface area contributed by atoms with Crippen molar-refractivity contribution in [3.8, 4) is 5.75 Å². The largest absolute Gasteiger partial charge is 0.513 e. The summed E-state index contributed by atoms with van der Waals surface area (Å²) in [6.07, 6.45) is 1.18. The van der Waals surface area contributed by atoms with Gasteiger partial charge in [-0.05, 0) is 50.5 Å². The Morgan fingerprint density at radius 3 is 2.57 bits per heavy atom. The van der Waals surface area contributed by atoms with Crippen LogP contribution in [0.1, 0.15) is 36.5 Å². The van der Waals surface area contributed by atoms with Crippen LogP contribution in [0, 0.1) is 0 Å². The summed E-state index contributed by atoms with van der Waals surface area (Å²) in [6, 6.07) is 5.98. The minimum atomic E-state index is -0.774. The van der Waals surface area contributed by atoms with Crippen LogP contribution < -0.4 is 10.1 Å². The number of aliphatic hydroxyl groups is 1. The number of hydrogen-bond acceptors (Lipinski definition) is 5. The van der Waals surface area contributed by atoms with Crippen LogP contribution in [-0.4, -0.2) is 35.9 Å². The molecule has 1 aromatic rings. The van der Waals surface area contributed by atoms with Crippen LogP contribution in [0.5, 0.6) is 5.75 Å². The Labute approximate surface area is 123 Å². The van der Waals surface area contributed by atoms with E-state index in [2.05, 4.69) is 10.1 Å². The van der Waals surface area contributed by atoms with Crippen molar-refractivity contribution in [1.29, 1.82) is 0 Å². The number of benzene rings is 1. The van der Waals surface area contributed by atoms with Gasteiger partial charge in [-0.3, -0.25) is 4.79 Å². The minimum absolute atomic E-state index is 0.187. The zero-order valence-electron chi connectivity index (χ0n) is 11.9. The average Bonchev–Trinajstić information content (AvgIpc) is 2.85. The molecule has 1 fully saturated rings. The van der Waals surface area contributed by atoms with Gasteiger partial charge in [-0.15, -0.1) is 0 Å². The van der Waals surface area contributed by atoms with Gasteiger partial charge in [-0.2, -0.15) is 0 Å². The molecule has 2 rings (SSSR count). The number of carbonyl (C=O) groups excluding carboxylic acids is 2. The molecule has 0 bridgehead atoms. The molecule has 1 amide bonds. The summed E-state index contributed by atoms with van der Waals surface area (Å²) in [5, 5.41) is 12.5. The Bertz CT molecular complexity index is 499. The first kappa shape index (κ1) is 15.3. The molecule has 1 aromatic carbocycles. The van der Waals surface area contributed by atoms with Crippen molar-refractivity contribution in [3.63, 3.8) is 0 Å². The van der Waals surface area contributed by atoms with Crippen molar-refractivity contribution in [1.82, 2.24) is 5.32 Å². The van der Waals surface area contributed by atoms with E-state index in [1.165, 1.54) is 12.1 Å². The predicted molar refractivity (Wildman–Crippen MR) is 75.2 cm³/mol. The molecular formula is C15H19NO5. The normalized spacial score (nSPS) is 20.9. The molecule has 21 heavy (non-hydrogen) atoms. The van der Waals surface area contributed by atoms with E-state index in [9.17, 15) is 14.7 Å². The van der Waals surface area contributed by atoms with E-state index in [-0.39, 0.29) is 18.6 Å². The molecule has 1 aliphatic carbocycles. The zero-order chi connectivity index (χ0) is 15.2. The lowest BCUT2D eigenvalue weighted by molar-refractivity contribution is 0.0873. The fraction of sp³-hybridized carbons (Fsp3) is 0.467. The second-order valence-electron chi connectivity index (χ2n) is 4.89. The number of carbonyl (C=O) groups is 2. The van der Waals surface area contributed by atoms with Crippen molar-refractivity contribution >= 4 is 12.1 Å². The highest BCUT2D eigenvalue weighted by molar-refractivity contribution is 5.94. The number of rotatable bonds is 4. The Balaban J connectivity index is 1.92. The maximum atomic E-state index is 12.0. The fourth-order valence-electron chi connectivity index (χ4n) is 2.28. The topological polar surface area (TPSA) is 84.9 Å². The number of aliphatic hydroxyl groups excluding tert-OH is 1. The Hall–Kier alpha value is -2.08. The van der Waals surface area contributed by atoms with E-state index < -0.39 is 12.3 Å². The Kier molecular flexibility index (Phi) is 5.16. The van der Waals surface area contributed by atoms with Gasteiger partial charge in [-0.25, -0.2) is 4.79 Å². The molecule has 0 aliphatic heterocycles. The highest BCUT2D eigenvalue weighted by Gasteiger charge is 2.26. The summed E-state index contributed by atoms with van der Waals surface area (Å²) in [7, 11) is 0. The molecular weight excluding hydrogens is 274 g/mol. The van der Waals surface area contributed by atoms with Gasteiger partial charge in [-0.1, -0.05) is 0 Å².